The molecule has 1 amide bonds. The molecule has 17 heavy (non-hydrogen) atoms. The first-order chi connectivity index (χ1) is 8.28. The van der Waals surface area contributed by atoms with Crippen LogP contribution in [-0.4, -0.2) is 18.5 Å². The van der Waals surface area contributed by atoms with Crippen molar-refractivity contribution in [2.24, 2.45) is 0 Å². The number of aryl methyl sites for hydroxylation is 1. The first kappa shape index (κ1) is 12.1. The lowest BCUT2D eigenvalue weighted by Gasteiger charge is -2.07. The van der Waals surface area contributed by atoms with Gasteiger partial charge in [-0.15, -0.1) is 0 Å². The fraction of sp³-hybridized carbons (Fsp3) is 0.500. The minimum absolute atomic E-state index is 0.0893. The van der Waals surface area contributed by atoms with Crippen LogP contribution in [-0.2, 0) is 11.2 Å². The van der Waals surface area contributed by atoms with E-state index in [0.717, 1.165) is 18.7 Å². The number of amides is 1. The molecule has 0 unspecified atom stereocenters. The average molecular weight is 232 g/mol. The third-order valence-electron chi connectivity index (χ3n) is 2.98. The van der Waals surface area contributed by atoms with E-state index in [0.29, 0.717) is 12.5 Å². The van der Waals surface area contributed by atoms with Gasteiger partial charge >= 0.3 is 0 Å². The normalized spacial score (nSPS) is 14.6. The van der Waals surface area contributed by atoms with Crippen LogP contribution in [0.4, 0.5) is 5.69 Å². The second kappa shape index (κ2) is 5.82. The van der Waals surface area contributed by atoms with Crippen LogP contribution < -0.4 is 10.6 Å². The Morgan fingerprint density at radius 2 is 2.24 bits per heavy atom. The second-order valence-electron chi connectivity index (χ2n) is 4.58. The molecule has 3 heteroatoms. The van der Waals surface area contributed by atoms with E-state index in [4.69, 9.17) is 0 Å². The van der Waals surface area contributed by atoms with Gasteiger partial charge in [-0.2, -0.15) is 0 Å². The molecule has 2 rings (SSSR count). The summed E-state index contributed by atoms with van der Waals surface area (Å²) in [4.78, 5) is 11.7. The van der Waals surface area contributed by atoms with Gasteiger partial charge in [0.2, 0.25) is 5.91 Å². The average Bonchev–Trinajstić information content (AvgIpc) is 3.13. The molecule has 0 atom stereocenters. The van der Waals surface area contributed by atoms with Crippen molar-refractivity contribution < 1.29 is 4.79 Å². The third-order valence-corrected chi connectivity index (χ3v) is 2.98. The fourth-order valence-electron chi connectivity index (χ4n) is 1.77. The molecule has 0 saturated heterocycles. The lowest BCUT2D eigenvalue weighted by Crippen LogP contribution is -2.23. The highest BCUT2D eigenvalue weighted by molar-refractivity contribution is 5.90. The Morgan fingerprint density at radius 3 is 2.94 bits per heavy atom. The summed E-state index contributed by atoms with van der Waals surface area (Å²) >= 11 is 0. The molecule has 0 radical (unpaired) electrons. The van der Waals surface area contributed by atoms with Crippen molar-refractivity contribution in [3.05, 3.63) is 29.8 Å². The van der Waals surface area contributed by atoms with Gasteiger partial charge in [0.05, 0.1) is 0 Å². The summed E-state index contributed by atoms with van der Waals surface area (Å²) in [5, 5.41) is 6.27. The van der Waals surface area contributed by atoms with Gasteiger partial charge < -0.3 is 10.6 Å². The molecule has 2 N–H and O–H groups in total. The van der Waals surface area contributed by atoms with Crippen LogP contribution in [0, 0.1) is 0 Å². The lowest BCUT2D eigenvalue weighted by atomic mass is 10.1. The van der Waals surface area contributed by atoms with E-state index in [1.54, 1.807) is 0 Å². The largest absolute Gasteiger partial charge is 0.326 e. The topological polar surface area (TPSA) is 41.1 Å². The smallest absolute Gasteiger partial charge is 0.225 e. The molecule has 92 valence electrons. The number of benzene rings is 1. The van der Waals surface area contributed by atoms with Crippen molar-refractivity contribution in [2.45, 2.75) is 38.6 Å². The Morgan fingerprint density at radius 1 is 1.41 bits per heavy atom. The number of rotatable bonds is 6. The van der Waals surface area contributed by atoms with E-state index in [1.807, 2.05) is 18.2 Å². The Labute approximate surface area is 103 Å². The first-order valence-electron chi connectivity index (χ1n) is 6.40. The van der Waals surface area contributed by atoms with Crippen LogP contribution in [0.2, 0.25) is 0 Å². The molecule has 0 aliphatic heterocycles. The Bertz CT molecular complexity index is 386. The van der Waals surface area contributed by atoms with Crippen LogP contribution in [0.1, 0.15) is 31.7 Å². The van der Waals surface area contributed by atoms with Crippen molar-refractivity contribution in [2.75, 3.05) is 11.9 Å². The summed E-state index contributed by atoms with van der Waals surface area (Å²) in [6.45, 7) is 2.89. The van der Waals surface area contributed by atoms with Crippen molar-refractivity contribution in [3.8, 4) is 0 Å². The number of nitrogens with one attached hydrogen (secondary N) is 2. The van der Waals surface area contributed by atoms with Gasteiger partial charge in [-0.3, -0.25) is 4.79 Å². The van der Waals surface area contributed by atoms with Crippen LogP contribution in [0.5, 0.6) is 0 Å². The molecule has 1 aromatic rings. The molecule has 1 fully saturated rings. The van der Waals surface area contributed by atoms with Gasteiger partial charge in [0.15, 0.2) is 0 Å². The molecular formula is C14H20N2O. The maximum Gasteiger partial charge on any atom is 0.225 e. The molecule has 1 aromatic carbocycles. The Hall–Kier alpha value is -1.35. The fourth-order valence-corrected chi connectivity index (χ4v) is 1.77. The molecule has 0 spiro atoms. The van der Waals surface area contributed by atoms with Crippen molar-refractivity contribution >= 4 is 11.6 Å². The highest BCUT2D eigenvalue weighted by Gasteiger charge is 2.19. The van der Waals surface area contributed by atoms with E-state index in [2.05, 4.69) is 23.6 Å². The highest BCUT2D eigenvalue weighted by atomic mass is 16.1. The number of carbonyl (C=O) groups excluding carboxylic acids is 1. The van der Waals surface area contributed by atoms with Gasteiger partial charge in [-0.1, -0.05) is 19.1 Å². The number of carbonyl (C=O) groups is 1. The molecule has 0 aromatic heterocycles. The van der Waals surface area contributed by atoms with E-state index >= 15 is 0 Å². The van der Waals surface area contributed by atoms with Crippen molar-refractivity contribution in [1.29, 1.82) is 0 Å². The molecule has 3 nitrogen and oxygen atoms in total. The number of hydrogen-bond donors (Lipinski definition) is 2. The predicted molar refractivity (Wildman–Crippen MR) is 70.1 cm³/mol. The van der Waals surface area contributed by atoms with Crippen molar-refractivity contribution in [1.82, 2.24) is 5.32 Å². The van der Waals surface area contributed by atoms with Crippen LogP contribution in [0.3, 0.4) is 0 Å². The zero-order valence-electron chi connectivity index (χ0n) is 10.3. The van der Waals surface area contributed by atoms with Crippen molar-refractivity contribution in [3.63, 3.8) is 0 Å². The Kier molecular flexibility index (Phi) is 4.15. The summed E-state index contributed by atoms with van der Waals surface area (Å²) in [6, 6.07) is 8.70. The van der Waals surface area contributed by atoms with E-state index in [1.165, 1.54) is 18.4 Å². The van der Waals surface area contributed by atoms with Gasteiger partial charge in [0.1, 0.15) is 0 Å². The molecular weight excluding hydrogens is 212 g/mol. The number of anilines is 1. The molecule has 1 saturated carbocycles. The summed E-state index contributed by atoms with van der Waals surface area (Å²) in [5.41, 5.74) is 2.15. The maximum atomic E-state index is 11.7. The zero-order valence-corrected chi connectivity index (χ0v) is 10.3. The second-order valence-corrected chi connectivity index (χ2v) is 4.58. The summed E-state index contributed by atoms with van der Waals surface area (Å²) in [5.74, 6) is 0.0893. The molecule has 0 bridgehead atoms. The van der Waals surface area contributed by atoms with Gasteiger partial charge in [-0.05, 0) is 37.0 Å². The van der Waals surface area contributed by atoms with E-state index in [-0.39, 0.29) is 5.91 Å². The summed E-state index contributed by atoms with van der Waals surface area (Å²) in [7, 11) is 0. The predicted octanol–water partition coefficient (Wildman–Crippen LogP) is 2.33. The Balaban J connectivity index is 1.75. The van der Waals surface area contributed by atoms with Gasteiger partial charge in [0, 0.05) is 24.7 Å². The zero-order chi connectivity index (χ0) is 12.1. The maximum absolute atomic E-state index is 11.7. The first-order valence-corrected chi connectivity index (χ1v) is 6.40. The minimum Gasteiger partial charge on any atom is -0.326 e. The molecule has 0 heterocycles. The number of hydrogen-bond acceptors (Lipinski definition) is 2. The lowest BCUT2D eigenvalue weighted by molar-refractivity contribution is -0.116. The summed E-state index contributed by atoms with van der Waals surface area (Å²) in [6.07, 6.45) is 4.07. The van der Waals surface area contributed by atoms with E-state index in [9.17, 15) is 4.79 Å². The van der Waals surface area contributed by atoms with E-state index < -0.39 is 0 Å². The van der Waals surface area contributed by atoms with Gasteiger partial charge in [-0.25, -0.2) is 0 Å². The minimum atomic E-state index is 0.0893. The molecule has 1 aliphatic carbocycles. The monoisotopic (exact) mass is 232 g/mol. The third kappa shape index (κ3) is 4.19. The standard InChI is InChI=1S/C14H20N2O/c1-2-11-4-3-5-13(10-11)16-14(17)8-9-15-12-6-7-12/h3-5,10,12,15H,2,6-9H2,1H3,(H,16,17). The van der Waals surface area contributed by atoms with Crippen LogP contribution in [0.15, 0.2) is 24.3 Å². The summed E-state index contributed by atoms with van der Waals surface area (Å²) < 4.78 is 0. The van der Waals surface area contributed by atoms with Crippen LogP contribution >= 0.6 is 0 Å². The van der Waals surface area contributed by atoms with Crippen LogP contribution in [0.25, 0.3) is 0 Å². The molecule has 1 aliphatic rings. The SMILES string of the molecule is CCc1cccc(NC(=O)CCNC2CC2)c1. The van der Waals surface area contributed by atoms with Gasteiger partial charge in [0.25, 0.3) is 0 Å². The highest BCUT2D eigenvalue weighted by Crippen LogP contribution is 2.18. The quantitative estimate of drug-likeness (QED) is 0.790.